The smallest absolute Gasteiger partial charge is 0.0706 e. The number of rotatable bonds is 3. The SMILES string of the molecule is CN(c1ccc2cnn(C3CC3)c2c1)C1CC2(CNC2)C1. The Labute approximate surface area is 125 Å². The van der Waals surface area contributed by atoms with E-state index in [-0.39, 0.29) is 0 Å². The molecule has 3 aliphatic rings. The van der Waals surface area contributed by atoms with Gasteiger partial charge in [-0.3, -0.25) is 4.68 Å². The van der Waals surface area contributed by atoms with E-state index in [9.17, 15) is 0 Å². The van der Waals surface area contributed by atoms with Crippen LogP contribution in [0.15, 0.2) is 24.4 Å². The molecule has 110 valence electrons. The summed E-state index contributed by atoms with van der Waals surface area (Å²) in [6, 6.07) is 8.18. The Morgan fingerprint density at radius 1 is 1.29 bits per heavy atom. The molecule has 21 heavy (non-hydrogen) atoms. The van der Waals surface area contributed by atoms with E-state index in [1.807, 2.05) is 6.20 Å². The van der Waals surface area contributed by atoms with Crippen LogP contribution in [-0.2, 0) is 0 Å². The molecular formula is C17H22N4. The summed E-state index contributed by atoms with van der Waals surface area (Å²) in [7, 11) is 2.25. The van der Waals surface area contributed by atoms with Crippen LogP contribution in [0.5, 0.6) is 0 Å². The molecule has 2 aliphatic carbocycles. The van der Waals surface area contributed by atoms with Crippen molar-refractivity contribution in [3.05, 3.63) is 24.4 Å². The molecule has 4 heteroatoms. The van der Waals surface area contributed by atoms with Crippen molar-refractivity contribution in [3.8, 4) is 0 Å². The molecule has 2 heterocycles. The molecule has 0 atom stereocenters. The van der Waals surface area contributed by atoms with Crippen molar-refractivity contribution in [1.29, 1.82) is 0 Å². The summed E-state index contributed by atoms with van der Waals surface area (Å²) < 4.78 is 2.23. The zero-order chi connectivity index (χ0) is 14.0. The van der Waals surface area contributed by atoms with Crippen LogP contribution in [0.1, 0.15) is 31.7 Å². The van der Waals surface area contributed by atoms with E-state index < -0.39 is 0 Å². The van der Waals surface area contributed by atoms with Crippen LogP contribution in [0.25, 0.3) is 10.9 Å². The van der Waals surface area contributed by atoms with Gasteiger partial charge in [0.05, 0.1) is 17.8 Å². The maximum Gasteiger partial charge on any atom is 0.0706 e. The number of hydrogen-bond donors (Lipinski definition) is 1. The number of nitrogens with zero attached hydrogens (tertiary/aromatic N) is 3. The molecule has 1 aromatic carbocycles. The fraction of sp³-hybridized carbons (Fsp3) is 0.588. The molecule has 4 nitrogen and oxygen atoms in total. The fourth-order valence-electron chi connectivity index (χ4n) is 4.05. The second kappa shape index (κ2) is 4.01. The third-order valence-corrected chi connectivity index (χ3v) is 5.77. The summed E-state index contributed by atoms with van der Waals surface area (Å²) >= 11 is 0. The molecule has 2 aromatic rings. The van der Waals surface area contributed by atoms with Crippen LogP contribution in [0.4, 0.5) is 5.69 Å². The highest BCUT2D eigenvalue weighted by molar-refractivity contribution is 5.82. The number of anilines is 1. The maximum atomic E-state index is 4.57. The van der Waals surface area contributed by atoms with Gasteiger partial charge in [-0.05, 0) is 49.3 Å². The van der Waals surface area contributed by atoms with Crippen molar-refractivity contribution >= 4 is 16.6 Å². The quantitative estimate of drug-likeness (QED) is 0.939. The minimum absolute atomic E-state index is 0.638. The van der Waals surface area contributed by atoms with Crippen molar-refractivity contribution in [2.45, 2.75) is 37.8 Å². The molecule has 1 aromatic heterocycles. The van der Waals surface area contributed by atoms with Gasteiger partial charge >= 0.3 is 0 Å². The van der Waals surface area contributed by atoms with Crippen LogP contribution in [0, 0.1) is 5.41 Å². The van der Waals surface area contributed by atoms with Crippen LogP contribution < -0.4 is 10.2 Å². The standard InChI is InChI=1S/C17H22N4/c1-20(15-7-17(8-15)10-18-11-17)14-3-2-12-9-19-21(13-4-5-13)16(12)6-14/h2-3,6,9,13,15,18H,4-5,7-8,10-11H2,1H3. The topological polar surface area (TPSA) is 33.1 Å². The monoisotopic (exact) mass is 282 g/mol. The van der Waals surface area contributed by atoms with Gasteiger partial charge in [0, 0.05) is 37.3 Å². The number of fused-ring (bicyclic) bond motifs is 1. The van der Waals surface area contributed by atoms with Crippen molar-refractivity contribution in [2.24, 2.45) is 5.41 Å². The zero-order valence-electron chi connectivity index (χ0n) is 12.5. The molecule has 1 saturated heterocycles. The maximum absolute atomic E-state index is 4.57. The fourth-order valence-corrected chi connectivity index (χ4v) is 4.05. The van der Waals surface area contributed by atoms with Crippen molar-refractivity contribution < 1.29 is 0 Å². The molecule has 2 saturated carbocycles. The molecule has 1 N–H and O–H groups in total. The Balaban J connectivity index is 1.42. The van der Waals surface area contributed by atoms with Crippen molar-refractivity contribution in [2.75, 3.05) is 25.0 Å². The third-order valence-electron chi connectivity index (χ3n) is 5.77. The second-order valence-corrected chi connectivity index (χ2v) is 7.34. The van der Waals surface area contributed by atoms with Gasteiger partial charge in [0.15, 0.2) is 0 Å². The summed E-state index contributed by atoms with van der Waals surface area (Å²) in [5.41, 5.74) is 3.29. The van der Waals surface area contributed by atoms with Gasteiger partial charge in [-0.15, -0.1) is 0 Å². The normalized spacial score (nSPS) is 24.0. The van der Waals surface area contributed by atoms with Gasteiger partial charge in [0.1, 0.15) is 0 Å². The molecule has 0 bridgehead atoms. The van der Waals surface area contributed by atoms with Gasteiger partial charge in [0.2, 0.25) is 0 Å². The Bertz CT molecular complexity index is 688. The first-order valence-corrected chi connectivity index (χ1v) is 8.15. The first-order chi connectivity index (χ1) is 10.2. The number of benzene rings is 1. The average molecular weight is 282 g/mol. The Kier molecular flexibility index (Phi) is 2.30. The molecule has 3 fully saturated rings. The highest BCUT2D eigenvalue weighted by Crippen LogP contribution is 2.47. The van der Waals surface area contributed by atoms with E-state index in [0.717, 1.165) is 0 Å². The lowest BCUT2D eigenvalue weighted by Gasteiger charge is -2.57. The van der Waals surface area contributed by atoms with Crippen LogP contribution in [-0.4, -0.2) is 36.0 Å². The lowest BCUT2D eigenvalue weighted by molar-refractivity contribution is 0.0374. The predicted molar refractivity (Wildman–Crippen MR) is 84.7 cm³/mol. The van der Waals surface area contributed by atoms with E-state index in [0.29, 0.717) is 17.5 Å². The molecule has 1 aliphatic heterocycles. The Morgan fingerprint density at radius 3 is 2.76 bits per heavy atom. The van der Waals surface area contributed by atoms with E-state index in [1.54, 1.807) is 0 Å². The van der Waals surface area contributed by atoms with E-state index >= 15 is 0 Å². The summed E-state index contributed by atoms with van der Waals surface area (Å²) in [4.78, 5) is 2.48. The van der Waals surface area contributed by atoms with Gasteiger partial charge in [-0.25, -0.2) is 0 Å². The number of hydrogen-bond acceptors (Lipinski definition) is 3. The van der Waals surface area contributed by atoms with Crippen LogP contribution >= 0.6 is 0 Å². The molecular weight excluding hydrogens is 260 g/mol. The molecule has 0 amide bonds. The average Bonchev–Trinajstić information content (AvgIpc) is 3.15. The van der Waals surface area contributed by atoms with E-state index in [1.165, 1.54) is 55.4 Å². The number of nitrogens with one attached hydrogen (secondary N) is 1. The lowest BCUT2D eigenvalue weighted by Crippen LogP contribution is -2.64. The van der Waals surface area contributed by atoms with Crippen molar-refractivity contribution in [1.82, 2.24) is 15.1 Å². The summed E-state index contributed by atoms with van der Waals surface area (Å²) in [5, 5.41) is 9.26. The minimum Gasteiger partial charge on any atom is -0.372 e. The number of aromatic nitrogens is 2. The zero-order valence-corrected chi connectivity index (χ0v) is 12.5. The first kappa shape index (κ1) is 12.0. The van der Waals surface area contributed by atoms with Gasteiger partial charge in [-0.2, -0.15) is 5.10 Å². The Hall–Kier alpha value is -1.55. The highest BCUT2D eigenvalue weighted by atomic mass is 15.3. The van der Waals surface area contributed by atoms with Crippen molar-refractivity contribution in [3.63, 3.8) is 0 Å². The predicted octanol–water partition coefficient (Wildman–Crippen LogP) is 2.56. The van der Waals surface area contributed by atoms with Crippen LogP contribution in [0.3, 0.4) is 0 Å². The van der Waals surface area contributed by atoms with E-state index in [2.05, 4.69) is 45.2 Å². The van der Waals surface area contributed by atoms with Gasteiger partial charge < -0.3 is 10.2 Å². The molecule has 0 radical (unpaired) electrons. The second-order valence-electron chi connectivity index (χ2n) is 7.34. The first-order valence-electron chi connectivity index (χ1n) is 8.15. The van der Waals surface area contributed by atoms with Gasteiger partial charge in [-0.1, -0.05) is 0 Å². The third kappa shape index (κ3) is 1.75. The summed E-state index contributed by atoms with van der Waals surface area (Å²) in [6.07, 6.45) is 7.27. The molecule has 1 spiro atoms. The lowest BCUT2D eigenvalue weighted by atomic mass is 9.61. The largest absolute Gasteiger partial charge is 0.372 e. The summed E-state index contributed by atoms with van der Waals surface area (Å²) in [6.45, 7) is 2.45. The van der Waals surface area contributed by atoms with Crippen LogP contribution in [0.2, 0.25) is 0 Å². The molecule has 5 rings (SSSR count). The Morgan fingerprint density at radius 2 is 2.10 bits per heavy atom. The molecule has 0 unspecified atom stereocenters. The van der Waals surface area contributed by atoms with Gasteiger partial charge in [0.25, 0.3) is 0 Å². The minimum atomic E-state index is 0.638. The highest BCUT2D eigenvalue weighted by Gasteiger charge is 2.49. The van der Waals surface area contributed by atoms with E-state index in [4.69, 9.17) is 0 Å². The summed E-state index contributed by atoms with van der Waals surface area (Å²) in [5.74, 6) is 0.